The topological polar surface area (TPSA) is 109 Å². The highest BCUT2D eigenvalue weighted by atomic mass is 16.5. The van der Waals surface area contributed by atoms with Crippen molar-refractivity contribution in [3.63, 3.8) is 0 Å². The van der Waals surface area contributed by atoms with Crippen LogP contribution in [0.5, 0.6) is 0 Å². The molecular formula is C22H34N4O4. The van der Waals surface area contributed by atoms with Crippen LogP contribution in [0.1, 0.15) is 81.0 Å². The van der Waals surface area contributed by atoms with E-state index < -0.39 is 11.8 Å². The molecule has 2 rings (SSSR count). The Morgan fingerprint density at radius 3 is 2.07 bits per heavy atom. The van der Waals surface area contributed by atoms with E-state index in [1.54, 1.807) is 18.3 Å². The molecule has 0 aliphatic heterocycles. The SMILES string of the molecule is O=C(COCC(=O)NC1CCCCCCCCCCC1)NNC(=O)c1cccnc1. The Morgan fingerprint density at radius 1 is 0.867 bits per heavy atom. The maximum Gasteiger partial charge on any atom is 0.271 e. The molecule has 0 bridgehead atoms. The van der Waals surface area contributed by atoms with Crippen LogP contribution in [-0.4, -0.2) is 42.0 Å². The van der Waals surface area contributed by atoms with Gasteiger partial charge in [-0.25, -0.2) is 0 Å². The van der Waals surface area contributed by atoms with Gasteiger partial charge in [0.15, 0.2) is 0 Å². The Balaban J connectivity index is 1.61. The predicted octanol–water partition coefficient (Wildman–Crippen LogP) is 2.65. The first-order valence-electron chi connectivity index (χ1n) is 11.0. The number of ether oxygens (including phenoxy) is 1. The quantitative estimate of drug-likeness (QED) is 0.615. The van der Waals surface area contributed by atoms with Gasteiger partial charge in [0, 0.05) is 18.4 Å². The van der Waals surface area contributed by atoms with Crippen molar-refractivity contribution < 1.29 is 19.1 Å². The third-order valence-electron chi connectivity index (χ3n) is 5.18. The number of hydrogen-bond acceptors (Lipinski definition) is 5. The van der Waals surface area contributed by atoms with Crippen LogP contribution in [0.15, 0.2) is 24.5 Å². The Labute approximate surface area is 178 Å². The lowest BCUT2D eigenvalue weighted by Crippen LogP contribution is -2.44. The first kappa shape index (κ1) is 23.8. The lowest BCUT2D eigenvalue weighted by atomic mass is 9.98. The van der Waals surface area contributed by atoms with E-state index in [4.69, 9.17) is 4.74 Å². The number of pyridine rings is 1. The van der Waals surface area contributed by atoms with Crippen LogP contribution in [0.3, 0.4) is 0 Å². The summed E-state index contributed by atoms with van der Waals surface area (Å²) >= 11 is 0. The summed E-state index contributed by atoms with van der Waals surface area (Å²) in [5.74, 6) is -1.22. The second kappa shape index (κ2) is 14.5. The Hall–Kier alpha value is -2.48. The molecule has 166 valence electrons. The zero-order valence-electron chi connectivity index (χ0n) is 17.7. The van der Waals surface area contributed by atoms with Crippen molar-refractivity contribution in [1.29, 1.82) is 0 Å². The highest BCUT2D eigenvalue weighted by molar-refractivity contribution is 5.95. The van der Waals surface area contributed by atoms with Gasteiger partial charge in [0.1, 0.15) is 13.2 Å². The van der Waals surface area contributed by atoms with Crippen LogP contribution in [-0.2, 0) is 14.3 Å². The summed E-state index contributed by atoms with van der Waals surface area (Å²) in [6.07, 6.45) is 16.1. The van der Waals surface area contributed by atoms with Crippen LogP contribution in [0.4, 0.5) is 0 Å². The Morgan fingerprint density at radius 2 is 1.47 bits per heavy atom. The van der Waals surface area contributed by atoms with Gasteiger partial charge in [-0.15, -0.1) is 0 Å². The van der Waals surface area contributed by atoms with Gasteiger partial charge in [-0.3, -0.25) is 30.2 Å². The molecule has 1 aliphatic rings. The zero-order chi connectivity index (χ0) is 21.4. The average molecular weight is 419 g/mol. The molecule has 30 heavy (non-hydrogen) atoms. The number of nitrogens with zero attached hydrogens (tertiary/aromatic N) is 1. The first-order valence-corrected chi connectivity index (χ1v) is 11.0. The number of aromatic nitrogens is 1. The molecule has 3 N–H and O–H groups in total. The smallest absolute Gasteiger partial charge is 0.271 e. The van der Waals surface area contributed by atoms with E-state index in [-0.39, 0.29) is 25.2 Å². The Kier molecular flexibility index (Phi) is 11.5. The molecule has 0 spiro atoms. The van der Waals surface area contributed by atoms with Crippen LogP contribution >= 0.6 is 0 Å². The highest BCUT2D eigenvalue weighted by Crippen LogP contribution is 2.16. The number of rotatable bonds is 6. The molecule has 1 aromatic heterocycles. The fraction of sp³-hybridized carbons (Fsp3) is 0.636. The minimum absolute atomic E-state index is 0.174. The van der Waals surface area contributed by atoms with Crippen LogP contribution < -0.4 is 16.2 Å². The normalized spacial score (nSPS) is 16.5. The summed E-state index contributed by atoms with van der Waals surface area (Å²) in [5.41, 5.74) is 4.86. The average Bonchev–Trinajstić information content (AvgIpc) is 2.74. The second-order valence-electron chi connectivity index (χ2n) is 7.76. The summed E-state index contributed by atoms with van der Waals surface area (Å²) in [6.45, 7) is -0.494. The molecule has 8 heteroatoms. The molecule has 1 saturated carbocycles. The Bertz CT molecular complexity index is 642. The molecule has 8 nitrogen and oxygen atoms in total. The number of carbonyl (C=O) groups excluding carboxylic acids is 3. The van der Waals surface area contributed by atoms with Crippen molar-refractivity contribution in [3.05, 3.63) is 30.1 Å². The molecule has 0 saturated heterocycles. The van der Waals surface area contributed by atoms with Crippen molar-refractivity contribution >= 4 is 17.7 Å². The third kappa shape index (κ3) is 10.3. The van der Waals surface area contributed by atoms with Gasteiger partial charge in [0.2, 0.25) is 5.91 Å². The van der Waals surface area contributed by atoms with Crippen molar-refractivity contribution in [2.75, 3.05) is 13.2 Å². The molecule has 0 radical (unpaired) electrons. The molecule has 0 atom stereocenters. The number of amides is 3. The molecule has 3 amide bonds. The van der Waals surface area contributed by atoms with Crippen LogP contribution in [0.2, 0.25) is 0 Å². The fourth-order valence-corrected chi connectivity index (χ4v) is 3.55. The monoisotopic (exact) mass is 418 g/mol. The van der Waals surface area contributed by atoms with Gasteiger partial charge in [-0.1, -0.05) is 57.8 Å². The fourth-order valence-electron chi connectivity index (χ4n) is 3.55. The first-order chi connectivity index (χ1) is 14.6. The number of hydrazine groups is 1. The minimum atomic E-state index is -0.536. The molecule has 0 unspecified atom stereocenters. The molecule has 1 aliphatic carbocycles. The van der Waals surface area contributed by atoms with Gasteiger partial charge in [0.25, 0.3) is 11.8 Å². The molecular weight excluding hydrogens is 384 g/mol. The number of carbonyl (C=O) groups is 3. The van der Waals surface area contributed by atoms with Gasteiger partial charge >= 0.3 is 0 Å². The lowest BCUT2D eigenvalue weighted by molar-refractivity contribution is -0.131. The summed E-state index contributed by atoms with van der Waals surface area (Å²) in [5, 5.41) is 3.04. The van der Waals surface area contributed by atoms with Crippen molar-refractivity contribution in [3.8, 4) is 0 Å². The third-order valence-corrected chi connectivity index (χ3v) is 5.18. The minimum Gasteiger partial charge on any atom is -0.362 e. The lowest BCUT2D eigenvalue weighted by Gasteiger charge is -2.19. The van der Waals surface area contributed by atoms with E-state index in [2.05, 4.69) is 21.2 Å². The summed E-state index contributed by atoms with van der Waals surface area (Å²) < 4.78 is 5.19. The van der Waals surface area contributed by atoms with Crippen LogP contribution in [0, 0.1) is 0 Å². The number of nitrogens with one attached hydrogen (secondary N) is 3. The zero-order valence-corrected chi connectivity index (χ0v) is 17.7. The maximum absolute atomic E-state index is 12.2. The van der Waals surface area contributed by atoms with Crippen molar-refractivity contribution in [1.82, 2.24) is 21.2 Å². The van der Waals surface area contributed by atoms with E-state index in [0.29, 0.717) is 5.56 Å². The summed E-state index contributed by atoms with van der Waals surface area (Å²) in [4.78, 5) is 39.6. The largest absolute Gasteiger partial charge is 0.362 e. The second-order valence-corrected chi connectivity index (χ2v) is 7.76. The van der Waals surface area contributed by atoms with Gasteiger partial charge < -0.3 is 10.1 Å². The molecule has 1 fully saturated rings. The van der Waals surface area contributed by atoms with Crippen molar-refractivity contribution in [2.24, 2.45) is 0 Å². The van der Waals surface area contributed by atoms with E-state index in [1.807, 2.05) is 0 Å². The number of hydrogen-bond donors (Lipinski definition) is 3. The van der Waals surface area contributed by atoms with Crippen LogP contribution in [0.25, 0.3) is 0 Å². The van der Waals surface area contributed by atoms with Gasteiger partial charge in [-0.05, 0) is 25.0 Å². The van der Waals surface area contributed by atoms with E-state index in [9.17, 15) is 14.4 Å². The molecule has 1 heterocycles. The van der Waals surface area contributed by atoms with E-state index in [1.165, 1.54) is 51.1 Å². The summed E-state index contributed by atoms with van der Waals surface area (Å²) in [7, 11) is 0. The highest BCUT2D eigenvalue weighted by Gasteiger charge is 2.14. The maximum atomic E-state index is 12.2. The predicted molar refractivity (Wildman–Crippen MR) is 113 cm³/mol. The van der Waals surface area contributed by atoms with Gasteiger partial charge in [0.05, 0.1) is 5.56 Å². The standard InChI is InChI=1S/C22H34N4O4/c27-20(24-19-12-8-6-4-2-1-3-5-7-9-13-19)16-30-17-21(28)25-26-22(29)18-11-10-14-23-15-18/h10-11,14-15,19H,1-9,12-13,16-17H2,(H,24,27)(H,25,28)(H,26,29). The molecule has 0 aromatic carbocycles. The molecule has 1 aromatic rings. The van der Waals surface area contributed by atoms with E-state index >= 15 is 0 Å². The summed E-state index contributed by atoms with van der Waals surface area (Å²) in [6, 6.07) is 3.38. The van der Waals surface area contributed by atoms with Gasteiger partial charge in [-0.2, -0.15) is 0 Å². The van der Waals surface area contributed by atoms with E-state index in [0.717, 1.165) is 25.7 Å². The van der Waals surface area contributed by atoms with Crippen molar-refractivity contribution in [2.45, 2.75) is 76.7 Å².